The van der Waals surface area contributed by atoms with Crippen molar-refractivity contribution in [1.82, 2.24) is 0 Å². The molecule has 10 nitrogen and oxygen atoms in total. The largest absolute Gasteiger partial charge is 1.00 e. The molecule has 0 bridgehead atoms. The van der Waals surface area contributed by atoms with Gasteiger partial charge in [-0.05, 0) is 30.3 Å². The van der Waals surface area contributed by atoms with Crippen molar-refractivity contribution < 1.29 is 134 Å². The number of phenolic OH excluding ortho intramolecular Hbond substituents is 2. The molecule has 0 aliphatic carbocycles. The summed E-state index contributed by atoms with van der Waals surface area (Å²) in [5, 5.41) is 19.7. The zero-order valence-corrected chi connectivity index (χ0v) is 26.4. The van der Waals surface area contributed by atoms with Gasteiger partial charge in [-0.2, -0.15) is 0 Å². The van der Waals surface area contributed by atoms with Crippen LogP contribution in [0.5, 0.6) is 11.5 Å². The summed E-state index contributed by atoms with van der Waals surface area (Å²) in [6.07, 6.45) is 0. The van der Waals surface area contributed by atoms with E-state index in [-0.39, 0.29) is 111 Å². The maximum Gasteiger partial charge on any atom is 1.00 e. The summed E-state index contributed by atoms with van der Waals surface area (Å²) < 4.78 is 75.4. The molecule has 0 aromatic heterocycles. The van der Waals surface area contributed by atoms with Crippen molar-refractivity contribution in [2.24, 2.45) is 0 Å². The molecular formula is C20H12Na3O10S2+. The average molecular weight is 545 g/mol. The minimum atomic E-state index is -5.15. The molecule has 3 aromatic rings. The molecule has 1 aliphatic rings. The Balaban J connectivity index is 0.00000204. The van der Waals surface area contributed by atoms with E-state index in [1.54, 1.807) is 0 Å². The molecule has 0 atom stereocenters. The minimum absolute atomic E-state index is 0. The summed E-state index contributed by atoms with van der Waals surface area (Å²) in [7, 11) is -10.3. The average Bonchev–Trinajstić information content (AvgIpc) is 3.01. The number of phenols is 2. The Labute approximate surface area is 267 Å². The van der Waals surface area contributed by atoms with E-state index in [0.29, 0.717) is 0 Å². The second-order valence-electron chi connectivity index (χ2n) is 6.89. The first-order valence-electron chi connectivity index (χ1n) is 8.77. The molecule has 0 spiro atoms. The molecule has 2 N–H and O–H groups in total. The normalized spacial score (nSPS) is 13.9. The fraction of sp³-hybridized carbons (Fsp3) is 0.0500. The Morgan fingerprint density at radius 1 is 0.714 bits per heavy atom. The summed E-state index contributed by atoms with van der Waals surface area (Å²) in [4.78, 5) is 10.7. The molecule has 0 saturated carbocycles. The smallest absolute Gasteiger partial charge is 0.744 e. The van der Waals surface area contributed by atoms with E-state index < -0.39 is 53.1 Å². The number of fused-ring (bicyclic) bond motifs is 1. The van der Waals surface area contributed by atoms with Gasteiger partial charge in [-0.25, -0.2) is 21.6 Å². The van der Waals surface area contributed by atoms with Gasteiger partial charge in [0, 0.05) is 16.7 Å². The number of cyclic esters (lactones) is 1. The van der Waals surface area contributed by atoms with Crippen LogP contribution in [-0.2, 0) is 30.6 Å². The molecule has 15 heteroatoms. The Morgan fingerprint density at radius 3 is 1.57 bits per heavy atom. The van der Waals surface area contributed by atoms with E-state index in [0.717, 1.165) is 24.3 Å². The second kappa shape index (κ2) is 11.5. The van der Waals surface area contributed by atoms with Crippen molar-refractivity contribution in [3.05, 3.63) is 82.9 Å². The topological polar surface area (TPSA) is 181 Å². The fourth-order valence-electron chi connectivity index (χ4n) is 3.68. The zero-order chi connectivity index (χ0) is 23.5. The van der Waals surface area contributed by atoms with Crippen LogP contribution in [0.2, 0.25) is 0 Å². The van der Waals surface area contributed by atoms with Gasteiger partial charge in [0.05, 0.1) is 15.4 Å². The van der Waals surface area contributed by atoms with Gasteiger partial charge in [-0.15, -0.1) is 0 Å². The van der Waals surface area contributed by atoms with Gasteiger partial charge >= 0.3 is 94.6 Å². The predicted molar refractivity (Wildman–Crippen MR) is 104 cm³/mol. The van der Waals surface area contributed by atoms with Gasteiger partial charge in [-0.1, -0.05) is 30.3 Å². The number of aromatic hydroxyl groups is 2. The minimum Gasteiger partial charge on any atom is -0.744 e. The molecule has 0 saturated heterocycles. The zero-order valence-electron chi connectivity index (χ0n) is 18.8. The molecule has 35 heavy (non-hydrogen) atoms. The standard InChI is InChI=1S/C20H14O10S2.3Na/c21-15-7-5-11(9-17(15)31(24,25)26)20(14-4-2-1-3-13(14)19(23)30-20)12-6-8-16(22)18(10-12)32(27,28)29;;;/h1-10,21-22H,(H,24,25,26)(H,27,28,29);;;/q;3*+1/p-2. The molecule has 0 fully saturated rings. The van der Waals surface area contributed by atoms with Crippen molar-refractivity contribution in [2.45, 2.75) is 15.4 Å². The molecular weight excluding hydrogens is 533 g/mol. The first-order chi connectivity index (χ1) is 14.9. The summed E-state index contributed by atoms with van der Waals surface area (Å²) in [6.45, 7) is 0. The van der Waals surface area contributed by atoms with Gasteiger partial charge < -0.3 is 24.1 Å². The van der Waals surface area contributed by atoms with Crippen LogP contribution in [-0.4, -0.2) is 42.1 Å². The third kappa shape index (κ3) is 5.85. The quantitative estimate of drug-likeness (QED) is 0.182. The Bertz CT molecular complexity index is 1420. The van der Waals surface area contributed by atoms with Crippen molar-refractivity contribution in [1.29, 1.82) is 0 Å². The third-order valence-corrected chi connectivity index (χ3v) is 6.77. The van der Waals surface area contributed by atoms with E-state index in [2.05, 4.69) is 0 Å². The van der Waals surface area contributed by atoms with Gasteiger partial charge in [0.15, 0.2) is 5.60 Å². The van der Waals surface area contributed by atoms with Crippen molar-refractivity contribution in [3.63, 3.8) is 0 Å². The molecule has 1 heterocycles. The van der Waals surface area contributed by atoms with Gasteiger partial charge in [0.25, 0.3) is 0 Å². The van der Waals surface area contributed by atoms with E-state index >= 15 is 0 Å². The van der Waals surface area contributed by atoms with Crippen LogP contribution >= 0.6 is 0 Å². The maximum atomic E-state index is 12.6. The Hall–Kier alpha value is -0.450. The number of benzene rings is 3. The number of rotatable bonds is 4. The number of hydrogen-bond donors (Lipinski definition) is 2. The Morgan fingerprint density at radius 2 is 1.14 bits per heavy atom. The second-order valence-corrected chi connectivity index (χ2v) is 9.59. The van der Waals surface area contributed by atoms with Crippen LogP contribution in [0.4, 0.5) is 0 Å². The van der Waals surface area contributed by atoms with Crippen LogP contribution in [0.3, 0.4) is 0 Å². The molecule has 0 unspecified atom stereocenters. The molecule has 1 aliphatic heterocycles. The first kappa shape index (κ1) is 32.6. The molecule has 0 radical (unpaired) electrons. The summed E-state index contributed by atoms with van der Waals surface area (Å²) in [6, 6.07) is 11.7. The molecule has 4 rings (SSSR count). The number of carbonyl (C=O) groups is 1. The van der Waals surface area contributed by atoms with E-state index in [1.807, 2.05) is 0 Å². The van der Waals surface area contributed by atoms with Crippen molar-refractivity contribution in [3.8, 4) is 11.5 Å². The van der Waals surface area contributed by atoms with Crippen LogP contribution in [0.15, 0.2) is 70.5 Å². The number of carbonyl (C=O) groups excluding carboxylic acids is 1. The van der Waals surface area contributed by atoms with E-state index in [9.17, 15) is 40.9 Å². The molecule has 166 valence electrons. The predicted octanol–water partition coefficient (Wildman–Crippen LogP) is -7.62. The van der Waals surface area contributed by atoms with Crippen molar-refractivity contribution >= 4 is 26.2 Å². The third-order valence-electron chi connectivity index (χ3n) is 5.04. The fourth-order valence-corrected chi connectivity index (χ4v) is 4.87. The number of hydrogen-bond acceptors (Lipinski definition) is 10. The van der Waals surface area contributed by atoms with Gasteiger partial charge in [0.2, 0.25) is 0 Å². The number of esters is 1. The van der Waals surface area contributed by atoms with Crippen LogP contribution in [0.25, 0.3) is 0 Å². The number of ether oxygens (including phenoxy) is 1. The SMILES string of the molecule is O=C1OC(c2ccc(O)c(S(=O)(=O)[O-])c2)(c2ccc(O)c(S(=O)(=O)[O-])c2)c2ccccc21.[Na+].[Na+].[Na+]. The molecule has 0 amide bonds. The maximum absolute atomic E-state index is 12.6. The monoisotopic (exact) mass is 545 g/mol. The summed E-state index contributed by atoms with van der Waals surface area (Å²) >= 11 is 0. The van der Waals surface area contributed by atoms with Crippen LogP contribution < -0.4 is 88.7 Å². The van der Waals surface area contributed by atoms with Crippen molar-refractivity contribution in [2.75, 3.05) is 0 Å². The van der Waals surface area contributed by atoms with Gasteiger partial charge in [-0.3, -0.25) is 0 Å². The Kier molecular flexibility index (Phi) is 10.7. The van der Waals surface area contributed by atoms with E-state index in [4.69, 9.17) is 4.74 Å². The first-order valence-corrected chi connectivity index (χ1v) is 11.6. The van der Waals surface area contributed by atoms with E-state index in [1.165, 1.54) is 36.4 Å². The van der Waals surface area contributed by atoms with Crippen LogP contribution in [0.1, 0.15) is 27.0 Å². The molecule has 3 aromatic carbocycles. The summed E-state index contributed by atoms with van der Waals surface area (Å²) in [5.41, 5.74) is -2.02. The van der Waals surface area contributed by atoms with Crippen LogP contribution in [0, 0.1) is 0 Å². The summed E-state index contributed by atoms with van der Waals surface area (Å²) in [5.74, 6) is -2.53. The van der Waals surface area contributed by atoms with Gasteiger partial charge in [0.1, 0.15) is 31.7 Å².